The van der Waals surface area contributed by atoms with Crippen LogP contribution in [-0.4, -0.2) is 47.2 Å². The first kappa shape index (κ1) is 19.1. The van der Waals surface area contributed by atoms with E-state index in [9.17, 15) is 4.79 Å². The van der Waals surface area contributed by atoms with Crippen LogP contribution in [0.1, 0.15) is 6.42 Å². The molecule has 1 aliphatic heterocycles. The summed E-state index contributed by atoms with van der Waals surface area (Å²) in [5.41, 5.74) is 1.55. The normalized spacial score (nSPS) is 12.9. The van der Waals surface area contributed by atoms with E-state index < -0.39 is 0 Å². The molecule has 0 atom stereocenters. The Morgan fingerprint density at radius 3 is 2.76 bits per heavy atom. The summed E-state index contributed by atoms with van der Waals surface area (Å²) < 4.78 is 16.4. The molecule has 2 N–H and O–H groups in total. The molecule has 3 aromatic rings. The third-order valence-corrected chi connectivity index (χ3v) is 5.04. The molecule has 9 heteroatoms. The third-order valence-electron chi connectivity index (χ3n) is 4.19. The summed E-state index contributed by atoms with van der Waals surface area (Å²) >= 11 is 1.26. The van der Waals surface area contributed by atoms with E-state index in [1.165, 1.54) is 11.8 Å². The number of aromatic nitrogens is 3. The standard InChI is InChI=1S/C20H20N4O4S/c1-26-15-6-3-13(4-7-15)19-22-20(24-23-19)29-12-18(25)21-14-5-8-16-17(11-14)28-10-2-9-27-16/h3-8,11H,2,9-10,12H2,1H3,(H,21,25)(H,22,23,24). The lowest BCUT2D eigenvalue weighted by atomic mass is 10.2. The van der Waals surface area contributed by atoms with Crippen LogP contribution < -0.4 is 19.5 Å². The molecule has 0 aliphatic carbocycles. The van der Waals surface area contributed by atoms with Crippen LogP contribution in [0.25, 0.3) is 11.4 Å². The van der Waals surface area contributed by atoms with Crippen molar-refractivity contribution < 1.29 is 19.0 Å². The van der Waals surface area contributed by atoms with Crippen molar-refractivity contribution in [3.63, 3.8) is 0 Å². The number of nitrogens with one attached hydrogen (secondary N) is 2. The fourth-order valence-electron chi connectivity index (χ4n) is 2.76. The van der Waals surface area contributed by atoms with Gasteiger partial charge >= 0.3 is 0 Å². The fourth-order valence-corrected chi connectivity index (χ4v) is 3.36. The van der Waals surface area contributed by atoms with Gasteiger partial charge in [-0.3, -0.25) is 9.89 Å². The van der Waals surface area contributed by atoms with E-state index in [1.54, 1.807) is 25.3 Å². The van der Waals surface area contributed by atoms with Crippen LogP contribution in [0.15, 0.2) is 47.6 Å². The topological polar surface area (TPSA) is 98.4 Å². The Bertz CT molecular complexity index is 990. The summed E-state index contributed by atoms with van der Waals surface area (Å²) in [5, 5.41) is 10.4. The van der Waals surface area contributed by atoms with Gasteiger partial charge in [-0.2, -0.15) is 0 Å². The molecule has 2 heterocycles. The first-order valence-electron chi connectivity index (χ1n) is 9.10. The van der Waals surface area contributed by atoms with Crippen LogP contribution in [0, 0.1) is 0 Å². The molecular weight excluding hydrogens is 392 g/mol. The Kier molecular flexibility index (Phi) is 5.85. The molecule has 150 valence electrons. The number of nitrogens with zero attached hydrogens (tertiary/aromatic N) is 2. The minimum Gasteiger partial charge on any atom is -0.497 e. The molecule has 0 bridgehead atoms. The van der Waals surface area contributed by atoms with Gasteiger partial charge in [-0.05, 0) is 36.4 Å². The predicted molar refractivity (Wildman–Crippen MR) is 110 cm³/mol. The maximum Gasteiger partial charge on any atom is 0.234 e. The van der Waals surface area contributed by atoms with Gasteiger partial charge in [-0.25, -0.2) is 4.98 Å². The molecule has 0 fully saturated rings. The highest BCUT2D eigenvalue weighted by Crippen LogP contribution is 2.32. The minimum absolute atomic E-state index is 0.153. The monoisotopic (exact) mass is 412 g/mol. The molecule has 0 radical (unpaired) electrons. The summed E-state index contributed by atoms with van der Waals surface area (Å²) in [5.74, 6) is 2.79. The molecule has 2 aromatic carbocycles. The minimum atomic E-state index is -0.153. The summed E-state index contributed by atoms with van der Waals surface area (Å²) in [7, 11) is 1.62. The lowest BCUT2D eigenvalue weighted by Gasteiger charge is -2.10. The number of ether oxygens (including phenoxy) is 3. The van der Waals surface area contributed by atoms with E-state index in [-0.39, 0.29) is 11.7 Å². The third kappa shape index (κ3) is 4.80. The van der Waals surface area contributed by atoms with Crippen LogP contribution in [-0.2, 0) is 4.79 Å². The Hall–Kier alpha value is -3.20. The number of hydrogen-bond donors (Lipinski definition) is 2. The Morgan fingerprint density at radius 2 is 1.97 bits per heavy atom. The van der Waals surface area contributed by atoms with Gasteiger partial charge in [0, 0.05) is 23.7 Å². The van der Waals surface area contributed by atoms with Crippen LogP contribution in [0.4, 0.5) is 5.69 Å². The van der Waals surface area contributed by atoms with Crippen molar-refractivity contribution in [3.8, 4) is 28.6 Å². The van der Waals surface area contributed by atoms with Crippen molar-refractivity contribution in [2.24, 2.45) is 0 Å². The van der Waals surface area contributed by atoms with Gasteiger partial charge < -0.3 is 19.5 Å². The van der Waals surface area contributed by atoms with Crippen molar-refractivity contribution in [2.45, 2.75) is 11.6 Å². The van der Waals surface area contributed by atoms with Gasteiger partial charge in [0.1, 0.15) is 5.75 Å². The van der Waals surface area contributed by atoms with Crippen LogP contribution >= 0.6 is 11.8 Å². The molecule has 0 spiro atoms. The maximum absolute atomic E-state index is 12.3. The van der Waals surface area contributed by atoms with Crippen molar-refractivity contribution in [3.05, 3.63) is 42.5 Å². The molecule has 8 nitrogen and oxygen atoms in total. The van der Waals surface area contributed by atoms with E-state index in [2.05, 4.69) is 20.5 Å². The van der Waals surface area contributed by atoms with Gasteiger partial charge in [0.25, 0.3) is 0 Å². The molecule has 1 aromatic heterocycles. The lowest BCUT2D eigenvalue weighted by Crippen LogP contribution is -2.14. The zero-order valence-electron chi connectivity index (χ0n) is 15.8. The number of thioether (sulfide) groups is 1. The molecule has 1 aliphatic rings. The maximum atomic E-state index is 12.3. The average Bonchev–Trinajstić information content (AvgIpc) is 3.10. The van der Waals surface area contributed by atoms with Crippen molar-refractivity contribution in [1.29, 1.82) is 0 Å². The number of rotatable bonds is 6. The van der Waals surface area contributed by atoms with E-state index >= 15 is 0 Å². The molecule has 1 amide bonds. The predicted octanol–water partition coefficient (Wildman–Crippen LogP) is 3.37. The van der Waals surface area contributed by atoms with Crippen molar-refractivity contribution >= 4 is 23.4 Å². The molecule has 0 unspecified atom stereocenters. The molecule has 0 saturated heterocycles. The second-order valence-corrected chi connectivity index (χ2v) is 7.19. The van der Waals surface area contributed by atoms with Gasteiger partial charge in [-0.15, -0.1) is 5.10 Å². The molecule has 29 heavy (non-hydrogen) atoms. The number of amides is 1. The second-order valence-electron chi connectivity index (χ2n) is 6.24. The van der Waals surface area contributed by atoms with Crippen LogP contribution in [0.3, 0.4) is 0 Å². The van der Waals surface area contributed by atoms with E-state index in [0.717, 1.165) is 17.7 Å². The highest BCUT2D eigenvalue weighted by atomic mass is 32.2. The zero-order chi connectivity index (χ0) is 20.1. The van der Waals surface area contributed by atoms with Crippen molar-refractivity contribution in [1.82, 2.24) is 15.2 Å². The number of hydrogen-bond acceptors (Lipinski definition) is 7. The van der Waals surface area contributed by atoms with Crippen molar-refractivity contribution in [2.75, 3.05) is 31.4 Å². The zero-order valence-corrected chi connectivity index (χ0v) is 16.6. The summed E-state index contributed by atoms with van der Waals surface area (Å²) in [4.78, 5) is 16.7. The highest BCUT2D eigenvalue weighted by molar-refractivity contribution is 7.99. The van der Waals surface area contributed by atoms with E-state index in [1.807, 2.05) is 24.3 Å². The molecule has 0 saturated carbocycles. The summed E-state index contributed by atoms with van der Waals surface area (Å²) in [6.45, 7) is 1.23. The van der Waals surface area contributed by atoms with Gasteiger partial charge in [-0.1, -0.05) is 11.8 Å². The number of carbonyl (C=O) groups excluding carboxylic acids is 1. The van der Waals surface area contributed by atoms with Gasteiger partial charge in [0.15, 0.2) is 17.3 Å². The first-order valence-corrected chi connectivity index (χ1v) is 10.1. The number of carbonyl (C=O) groups is 1. The number of H-pyrrole nitrogens is 1. The highest BCUT2D eigenvalue weighted by Gasteiger charge is 2.13. The number of benzene rings is 2. The van der Waals surface area contributed by atoms with Gasteiger partial charge in [0.2, 0.25) is 11.1 Å². The smallest absolute Gasteiger partial charge is 0.234 e. The fraction of sp³-hybridized carbons (Fsp3) is 0.250. The largest absolute Gasteiger partial charge is 0.497 e. The second kappa shape index (κ2) is 8.87. The Labute approximate surface area is 172 Å². The lowest BCUT2D eigenvalue weighted by molar-refractivity contribution is -0.113. The number of fused-ring (bicyclic) bond motifs is 1. The molecular formula is C20H20N4O4S. The van der Waals surface area contributed by atoms with Crippen LogP contribution in [0.2, 0.25) is 0 Å². The van der Waals surface area contributed by atoms with E-state index in [4.69, 9.17) is 14.2 Å². The molecule has 4 rings (SSSR count). The summed E-state index contributed by atoms with van der Waals surface area (Å²) in [6, 6.07) is 12.9. The van der Waals surface area contributed by atoms with Crippen LogP contribution in [0.5, 0.6) is 17.2 Å². The number of aromatic amines is 1. The average molecular weight is 412 g/mol. The Morgan fingerprint density at radius 1 is 1.17 bits per heavy atom. The van der Waals surface area contributed by atoms with Gasteiger partial charge in [0.05, 0.1) is 26.1 Å². The quantitative estimate of drug-likeness (QED) is 0.599. The SMILES string of the molecule is COc1ccc(-c2nc(SCC(=O)Nc3ccc4c(c3)OCCCO4)n[nH]2)cc1. The number of methoxy groups -OCH3 is 1. The number of anilines is 1. The van der Waals surface area contributed by atoms with E-state index in [0.29, 0.717) is 41.4 Å². The first-order chi connectivity index (χ1) is 14.2. The Balaban J connectivity index is 1.33. The summed E-state index contributed by atoms with van der Waals surface area (Å²) in [6.07, 6.45) is 0.836.